The molecule has 0 aliphatic heterocycles. The normalized spacial score (nSPS) is 10.1. The molecule has 0 fully saturated rings. The first-order valence-corrected chi connectivity index (χ1v) is 5.85. The van der Waals surface area contributed by atoms with Gasteiger partial charge in [-0.15, -0.1) is 0 Å². The number of methoxy groups -OCH3 is 1. The second kappa shape index (κ2) is 11.2. The van der Waals surface area contributed by atoms with E-state index in [0.29, 0.717) is 13.0 Å². The molecule has 14 heavy (non-hydrogen) atoms. The molecular weight excluding hydrogens is 297 g/mol. The Hall–Kier alpha value is 0.120. The molecule has 0 aliphatic rings. The molecule has 1 N–H and O–H groups in total. The molecule has 1 amide bonds. The average molecular weight is 315 g/mol. The third-order valence-electron chi connectivity index (χ3n) is 1.69. The number of carbonyl (C=O) groups excluding carboxylic acids is 1. The van der Waals surface area contributed by atoms with Crippen LogP contribution in [0.4, 0.5) is 0 Å². The summed E-state index contributed by atoms with van der Waals surface area (Å²) >= 11 is 1.84. The highest BCUT2D eigenvalue weighted by Gasteiger charge is 1.97. The van der Waals surface area contributed by atoms with Crippen LogP contribution in [0.5, 0.6) is 0 Å². The molecule has 0 spiro atoms. The van der Waals surface area contributed by atoms with Crippen LogP contribution in [-0.4, -0.2) is 32.8 Å². The van der Waals surface area contributed by atoms with Gasteiger partial charge in [-0.1, -0.05) is 0 Å². The largest absolute Gasteiger partial charge is 0.385 e. The number of nitrogens with one attached hydrogen (secondary N) is 1. The lowest BCUT2D eigenvalue weighted by Crippen LogP contribution is -2.12. The van der Waals surface area contributed by atoms with Crippen LogP contribution in [0.3, 0.4) is 0 Å². The fraction of sp³-hybridized carbons (Fsp3) is 0.889. The van der Waals surface area contributed by atoms with Gasteiger partial charge >= 0.3 is 0 Å². The zero-order valence-corrected chi connectivity index (χ0v) is 10.7. The number of carbonyl (C=O) groups is 1. The summed E-state index contributed by atoms with van der Waals surface area (Å²) in [6.07, 6.45) is 3.39. The van der Waals surface area contributed by atoms with Gasteiger partial charge in [0.15, 0.2) is 0 Å². The van der Waals surface area contributed by atoms with Crippen molar-refractivity contribution in [3.05, 3.63) is 0 Å². The number of hydrogen-bond acceptors (Lipinski definition) is 3. The predicted octanol–water partition coefficient (Wildman–Crippen LogP) is 1.68. The van der Waals surface area contributed by atoms with Crippen LogP contribution >= 0.6 is 22.9 Å². The van der Waals surface area contributed by atoms with E-state index in [4.69, 9.17) is 9.47 Å². The van der Waals surface area contributed by atoms with Gasteiger partial charge in [-0.25, -0.2) is 0 Å². The van der Waals surface area contributed by atoms with Gasteiger partial charge in [0, 0.05) is 33.4 Å². The first kappa shape index (κ1) is 14.1. The van der Waals surface area contributed by atoms with Crippen LogP contribution in [0.1, 0.15) is 25.7 Å². The fourth-order valence-corrected chi connectivity index (χ4v) is 1.20. The topological polar surface area (TPSA) is 47.6 Å². The van der Waals surface area contributed by atoms with E-state index < -0.39 is 0 Å². The van der Waals surface area contributed by atoms with Gasteiger partial charge in [-0.3, -0.25) is 8.32 Å². The van der Waals surface area contributed by atoms with Crippen LogP contribution < -0.4 is 3.53 Å². The predicted molar refractivity (Wildman–Crippen MR) is 63.3 cm³/mol. The summed E-state index contributed by atoms with van der Waals surface area (Å²) in [6.45, 7) is 2.22. The molecule has 0 radical (unpaired) electrons. The molecule has 0 atom stereocenters. The molecule has 5 heteroatoms. The summed E-state index contributed by atoms with van der Waals surface area (Å²) in [6, 6.07) is 0. The molecule has 0 aromatic heterocycles. The first-order valence-electron chi connectivity index (χ1n) is 4.77. The second-order valence-electron chi connectivity index (χ2n) is 2.93. The van der Waals surface area contributed by atoms with E-state index in [9.17, 15) is 4.79 Å². The van der Waals surface area contributed by atoms with Gasteiger partial charge in [-0.05, 0) is 19.3 Å². The highest BCUT2D eigenvalue weighted by Crippen LogP contribution is 1.94. The van der Waals surface area contributed by atoms with Crippen LogP contribution in [-0.2, 0) is 14.3 Å². The van der Waals surface area contributed by atoms with Crippen molar-refractivity contribution in [3.8, 4) is 0 Å². The number of halogens is 1. The maximum absolute atomic E-state index is 10.8. The molecule has 0 aromatic carbocycles. The molecule has 0 saturated carbocycles. The van der Waals surface area contributed by atoms with Gasteiger partial charge in [-0.2, -0.15) is 0 Å². The fourth-order valence-electron chi connectivity index (χ4n) is 0.935. The summed E-state index contributed by atoms with van der Waals surface area (Å²) in [5.74, 6) is 0.0635. The Morgan fingerprint density at radius 1 is 1.21 bits per heavy atom. The van der Waals surface area contributed by atoms with Crippen molar-refractivity contribution in [1.29, 1.82) is 0 Å². The van der Waals surface area contributed by atoms with E-state index >= 15 is 0 Å². The second-order valence-corrected chi connectivity index (χ2v) is 3.47. The lowest BCUT2D eigenvalue weighted by molar-refractivity contribution is -0.119. The summed E-state index contributed by atoms with van der Waals surface area (Å²) in [5.41, 5.74) is 0. The van der Waals surface area contributed by atoms with Gasteiger partial charge in [0.1, 0.15) is 0 Å². The Labute approximate surface area is 99.2 Å². The number of rotatable bonds is 9. The maximum atomic E-state index is 10.8. The van der Waals surface area contributed by atoms with Gasteiger partial charge in [0.25, 0.3) is 0 Å². The zero-order chi connectivity index (χ0) is 10.6. The Morgan fingerprint density at radius 3 is 2.50 bits per heavy atom. The van der Waals surface area contributed by atoms with Crippen molar-refractivity contribution < 1.29 is 14.3 Å². The minimum atomic E-state index is 0.0635. The molecular formula is C9H18INO3. The Morgan fingerprint density at radius 2 is 1.86 bits per heavy atom. The van der Waals surface area contributed by atoms with Crippen LogP contribution in [0, 0.1) is 0 Å². The lowest BCUT2D eigenvalue weighted by atomic mass is 10.3. The molecule has 0 rings (SSSR count). The molecule has 84 valence electrons. The van der Waals surface area contributed by atoms with E-state index in [2.05, 4.69) is 3.53 Å². The smallest absolute Gasteiger partial charge is 0.228 e. The highest BCUT2D eigenvalue weighted by atomic mass is 127. The standard InChI is InChI=1S/C9H18INO3/c1-13-6-2-3-7-14-8-4-5-9(12)11-10/h2-8H2,1H3,(H,11,12). The van der Waals surface area contributed by atoms with Crippen molar-refractivity contribution >= 4 is 28.8 Å². The number of amides is 1. The lowest BCUT2D eigenvalue weighted by Gasteiger charge is -2.03. The van der Waals surface area contributed by atoms with Crippen molar-refractivity contribution in [2.75, 3.05) is 26.9 Å². The minimum absolute atomic E-state index is 0.0635. The molecule has 0 saturated heterocycles. The summed E-state index contributed by atoms with van der Waals surface area (Å²) in [7, 11) is 1.70. The summed E-state index contributed by atoms with van der Waals surface area (Å²) in [5, 5.41) is 0. The third-order valence-corrected chi connectivity index (χ3v) is 2.29. The highest BCUT2D eigenvalue weighted by molar-refractivity contribution is 14.1. The molecule has 0 bridgehead atoms. The van der Waals surface area contributed by atoms with E-state index in [0.717, 1.165) is 32.5 Å². The first-order chi connectivity index (χ1) is 6.81. The minimum Gasteiger partial charge on any atom is -0.385 e. The van der Waals surface area contributed by atoms with Gasteiger partial charge in [0.05, 0.1) is 22.9 Å². The molecule has 0 aromatic rings. The molecule has 0 aliphatic carbocycles. The maximum Gasteiger partial charge on any atom is 0.228 e. The van der Waals surface area contributed by atoms with Crippen molar-refractivity contribution in [2.45, 2.75) is 25.7 Å². The zero-order valence-electron chi connectivity index (χ0n) is 8.55. The molecule has 4 nitrogen and oxygen atoms in total. The van der Waals surface area contributed by atoms with Crippen molar-refractivity contribution in [3.63, 3.8) is 0 Å². The average Bonchev–Trinajstić information content (AvgIpc) is 2.21. The number of unbranched alkanes of at least 4 members (excludes halogenated alkanes) is 1. The molecule has 0 unspecified atom stereocenters. The van der Waals surface area contributed by atoms with E-state index in [-0.39, 0.29) is 5.91 Å². The number of hydrogen-bond donors (Lipinski definition) is 1. The van der Waals surface area contributed by atoms with E-state index in [1.165, 1.54) is 0 Å². The van der Waals surface area contributed by atoms with Crippen molar-refractivity contribution in [1.82, 2.24) is 3.53 Å². The third kappa shape index (κ3) is 10.2. The van der Waals surface area contributed by atoms with Crippen LogP contribution in [0.25, 0.3) is 0 Å². The van der Waals surface area contributed by atoms with Crippen LogP contribution in [0.2, 0.25) is 0 Å². The van der Waals surface area contributed by atoms with E-state index in [1.54, 1.807) is 7.11 Å². The quantitative estimate of drug-likeness (QED) is 0.400. The van der Waals surface area contributed by atoms with Crippen LogP contribution in [0.15, 0.2) is 0 Å². The van der Waals surface area contributed by atoms with Crippen molar-refractivity contribution in [2.24, 2.45) is 0 Å². The van der Waals surface area contributed by atoms with E-state index in [1.807, 2.05) is 22.9 Å². The number of ether oxygens (including phenoxy) is 2. The Bertz CT molecular complexity index is 144. The summed E-state index contributed by atoms with van der Waals surface area (Å²) in [4.78, 5) is 10.8. The Balaban J connectivity index is 2.95. The summed E-state index contributed by atoms with van der Waals surface area (Å²) < 4.78 is 12.8. The Kier molecular flexibility index (Phi) is 11.3. The SMILES string of the molecule is COCCCCOCCCC(=O)NI. The van der Waals surface area contributed by atoms with Gasteiger partial charge < -0.3 is 9.47 Å². The monoisotopic (exact) mass is 315 g/mol. The molecule has 0 heterocycles. The van der Waals surface area contributed by atoms with Gasteiger partial charge in [0.2, 0.25) is 5.91 Å².